The first kappa shape index (κ1) is 19.4. The van der Waals surface area contributed by atoms with Gasteiger partial charge in [0.2, 0.25) is 11.8 Å². The van der Waals surface area contributed by atoms with Gasteiger partial charge in [0.1, 0.15) is 5.41 Å². The molecule has 2 aromatic carbocycles. The highest BCUT2D eigenvalue weighted by Crippen LogP contribution is 2.47. The van der Waals surface area contributed by atoms with Crippen LogP contribution in [0.2, 0.25) is 5.02 Å². The molecule has 2 N–H and O–H groups in total. The van der Waals surface area contributed by atoms with E-state index in [0.29, 0.717) is 30.8 Å². The highest BCUT2D eigenvalue weighted by Gasteiger charge is 2.56. The van der Waals surface area contributed by atoms with E-state index in [0.717, 1.165) is 28.8 Å². The Morgan fingerprint density at radius 1 is 1.11 bits per heavy atom. The van der Waals surface area contributed by atoms with Crippen molar-refractivity contribution in [1.29, 1.82) is 0 Å². The molecule has 2 amide bonds. The minimum atomic E-state index is -0.929. The smallest absolute Gasteiger partial charge is 0.240 e. The van der Waals surface area contributed by atoms with Gasteiger partial charge in [-0.3, -0.25) is 9.59 Å². The predicted molar refractivity (Wildman–Crippen MR) is 109 cm³/mol. The number of rotatable bonds is 7. The summed E-state index contributed by atoms with van der Waals surface area (Å²) in [6.45, 7) is 4.51. The number of carbonyl (C=O) groups is 2. The van der Waals surface area contributed by atoms with Crippen LogP contribution in [0.4, 0.5) is 5.69 Å². The van der Waals surface area contributed by atoms with Crippen molar-refractivity contribution in [2.45, 2.75) is 39.5 Å². The number of halogens is 1. The van der Waals surface area contributed by atoms with Crippen LogP contribution in [0.3, 0.4) is 0 Å². The van der Waals surface area contributed by atoms with Crippen molar-refractivity contribution >= 4 is 29.1 Å². The fourth-order valence-electron chi connectivity index (χ4n) is 3.30. The zero-order chi connectivity index (χ0) is 19.4. The number of hydrogen-bond donors (Lipinski definition) is 2. The van der Waals surface area contributed by atoms with Crippen LogP contribution in [0.15, 0.2) is 42.5 Å². The molecule has 0 aromatic heterocycles. The molecule has 0 heterocycles. The molecule has 142 valence electrons. The maximum absolute atomic E-state index is 12.8. The summed E-state index contributed by atoms with van der Waals surface area (Å²) in [6.07, 6.45) is 2.70. The van der Waals surface area contributed by atoms with Crippen molar-refractivity contribution in [3.8, 4) is 0 Å². The highest BCUT2D eigenvalue weighted by atomic mass is 35.5. The van der Waals surface area contributed by atoms with Crippen molar-refractivity contribution < 1.29 is 9.59 Å². The van der Waals surface area contributed by atoms with Gasteiger partial charge in [-0.15, -0.1) is 0 Å². The summed E-state index contributed by atoms with van der Waals surface area (Å²) < 4.78 is 0. The van der Waals surface area contributed by atoms with E-state index in [9.17, 15) is 9.59 Å². The summed E-state index contributed by atoms with van der Waals surface area (Å²) in [4.78, 5) is 25.5. The summed E-state index contributed by atoms with van der Waals surface area (Å²) in [5.74, 6) is -0.389. The lowest BCUT2D eigenvalue weighted by Gasteiger charge is -2.18. The topological polar surface area (TPSA) is 58.2 Å². The standard InChI is InChI=1S/C22H25ClN2O2/c1-3-17-8-4-6-15(2)19(17)25-21(27)22(11-12-22)20(26)24-13-10-16-7-5-9-18(23)14-16/h4-9,14H,3,10-13H2,1-2H3,(H,24,26)(H,25,27). The molecule has 0 atom stereocenters. The second-order valence-corrected chi connectivity index (χ2v) is 7.57. The van der Waals surface area contributed by atoms with E-state index in [1.54, 1.807) is 0 Å². The second-order valence-electron chi connectivity index (χ2n) is 7.13. The summed E-state index contributed by atoms with van der Waals surface area (Å²) in [6, 6.07) is 13.5. The molecule has 0 spiro atoms. The third kappa shape index (κ3) is 4.33. The Morgan fingerprint density at radius 2 is 1.85 bits per heavy atom. The van der Waals surface area contributed by atoms with Crippen LogP contribution in [-0.2, 0) is 22.4 Å². The molecule has 0 aliphatic heterocycles. The first-order chi connectivity index (χ1) is 13.0. The molecule has 4 nitrogen and oxygen atoms in total. The highest BCUT2D eigenvalue weighted by molar-refractivity contribution is 6.30. The molecule has 3 rings (SSSR count). The number of carbonyl (C=O) groups excluding carboxylic acids is 2. The summed E-state index contributed by atoms with van der Waals surface area (Å²) >= 11 is 5.98. The molecule has 1 aliphatic carbocycles. The Labute approximate surface area is 165 Å². The van der Waals surface area contributed by atoms with Gasteiger partial charge in [0.25, 0.3) is 0 Å². The lowest BCUT2D eigenvalue weighted by atomic mass is 10.0. The van der Waals surface area contributed by atoms with Gasteiger partial charge in [0.15, 0.2) is 0 Å². The Kier molecular flexibility index (Phi) is 5.85. The number of hydrogen-bond acceptors (Lipinski definition) is 2. The lowest BCUT2D eigenvalue weighted by Crippen LogP contribution is -2.40. The molecule has 27 heavy (non-hydrogen) atoms. The molecule has 2 aromatic rings. The third-order valence-electron chi connectivity index (χ3n) is 5.19. The lowest BCUT2D eigenvalue weighted by molar-refractivity contribution is -0.134. The molecular formula is C22H25ClN2O2. The predicted octanol–water partition coefficient (Wildman–Crippen LogP) is 4.29. The van der Waals surface area contributed by atoms with E-state index < -0.39 is 5.41 Å². The molecule has 5 heteroatoms. The molecule has 1 fully saturated rings. The largest absolute Gasteiger partial charge is 0.355 e. The number of amides is 2. The Morgan fingerprint density at radius 3 is 2.52 bits per heavy atom. The second kappa shape index (κ2) is 8.13. The number of anilines is 1. The van der Waals surface area contributed by atoms with Crippen LogP contribution in [-0.4, -0.2) is 18.4 Å². The van der Waals surface area contributed by atoms with E-state index in [1.807, 2.05) is 49.4 Å². The summed E-state index contributed by atoms with van der Waals surface area (Å²) in [7, 11) is 0. The van der Waals surface area contributed by atoms with E-state index in [4.69, 9.17) is 11.6 Å². The van der Waals surface area contributed by atoms with Gasteiger partial charge in [0, 0.05) is 17.3 Å². The maximum Gasteiger partial charge on any atom is 0.240 e. The van der Waals surface area contributed by atoms with Crippen molar-refractivity contribution in [3.63, 3.8) is 0 Å². The molecule has 1 aliphatic rings. The van der Waals surface area contributed by atoms with Gasteiger partial charge in [-0.25, -0.2) is 0 Å². The maximum atomic E-state index is 12.8. The van der Waals surface area contributed by atoms with Crippen molar-refractivity contribution in [3.05, 3.63) is 64.2 Å². The fourth-order valence-corrected chi connectivity index (χ4v) is 3.51. The normalized spacial score (nSPS) is 14.5. The van der Waals surface area contributed by atoms with Crippen LogP contribution in [0.25, 0.3) is 0 Å². The van der Waals surface area contributed by atoms with Gasteiger partial charge < -0.3 is 10.6 Å². The minimum Gasteiger partial charge on any atom is -0.355 e. The third-order valence-corrected chi connectivity index (χ3v) is 5.42. The van der Waals surface area contributed by atoms with Crippen molar-refractivity contribution in [1.82, 2.24) is 5.32 Å². The molecule has 0 radical (unpaired) electrons. The van der Waals surface area contributed by atoms with E-state index in [2.05, 4.69) is 17.6 Å². The average molecular weight is 385 g/mol. The first-order valence-electron chi connectivity index (χ1n) is 9.39. The molecule has 1 saturated carbocycles. The fraction of sp³-hybridized carbons (Fsp3) is 0.364. The summed E-state index contributed by atoms with van der Waals surface area (Å²) in [5.41, 5.74) is 3.06. The molecular weight excluding hydrogens is 360 g/mol. The zero-order valence-corrected chi connectivity index (χ0v) is 16.5. The van der Waals surface area contributed by atoms with Crippen LogP contribution in [0, 0.1) is 12.3 Å². The molecule has 0 bridgehead atoms. The van der Waals surface area contributed by atoms with Gasteiger partial charge in [-0.1, -0.05) is 48.9 Å². The Hall–Kier alpha value is -2.33. The van der Waals surface area contributed by atoms with E-state index >= 15 is 0 Å². The van der Waals surface area contributed by atoms with Crippen molar-refractivity contribution in [2.75, 3.05) is 11.9 Å². The van der Waals surface area contributed by atoms with Crippen molar-refractivity contribution in [2.24, 2.45) is 5.41 Å². The monoisotopic (exact) mass is 384 g/mol. The van der Waals surface area contributed by atoms with Gasteiger partial charge in [-0.2, -0.15) is 0 Å². The van der Waals surface area contributed by atoms with E-state index in [-0.39, 0.29) is 11.8 Å². The van der Waals surface area contributed by atoms with Crippen LogP contribution >= 0.6 is 11.6 Å². The summed E-state index contributed by atoms with van der Waals surface area (Å²) in [5, 5.41) is 6.61. The molecule has 0 saturated heterocycles. The van der Waals surface area contributed by atoms with Gasteiger partial charge in [0.05, 0.1) is 0 Å². The first-order valence-corrected chi connectivity index (χ1v) is 9.77. The quantitative estimate of drug-likeness (QED) is 0.699. The minimum absolute atomic E-state index is 0.186. The average Bonchev–Trinajstić information content (AvgIpc) is 3.45. The van der Waals surface area contributed by atoms with Crippen LogP contribution in [0.5, 0.6) is 0 Å². The number of benzene rings is 2. The van der Waals surface area contributed by atoms with Gasteiger partial charge in [-0.05, 0) is 61.4 Å². The zero-order valence-electron chi connectivity index (χ0n) is 15.8. The number of aryl methyl sites for hydroxylation is 2. The SMILES string of the molecule is CCc1cccc(C)c1NC(=O)C1(C(=O)NCCc2cccc(Cl)c2)CC1. The Bertz CT molecular complexity index is 859. The van der Waals surface area contributed by atoms with Gasteiger partial charge >= 0.3 is 0 Å². The van der Waals surface area contributed by atoms with Crippen LogP contribution in [0.1, 0.15) is 36.5 Å². The van der Waals surface area contributed by atoms with E-state index in [1.165, 1.54) is 0 Å². The molecule has 0 unspecified atom stereocenters. The Balaban J connectivity index is 1.61. The number of nitrogens with one attached hydrogen (secondary N) is 2. The van der Waals surface area contributed by atoms with Crippen LogP contribution < -0.4 is 10.6 Å². The number of para-hydroxylation sites is 1.